The van der Waals surface area contributed by atoms with Crippen molar-refractivity contribution >= 4 is 17.9 Å². The zero-order valence-corrected chi connectivity index (χ0v) is 28.9. The van der Waals surface area contributed by atoms with Gasteiger partial charge in [-0.25, -0.2) is 4.79 Å². The van der Waals surface area contributed by atoms with E-state index in [0.717, 1.165) is 24.8 Å². The Balaban J connectivity index is 1.82. The first-order valence-corrected chi connectivity index (χ1v) is 16.3. The highest BCUT2D eigenvalue weighted by atomic mass is 16.6. The maximum Gasteiger partial charge on any atom is 0.410 e. The van der Waals surface area contributed by atoms with E-state index in [1.165, 1.54) is 0 Å². The van der Waals surface area contributed by atoms with Crippen LogP contribution in [0.15, 0.2) is 29.8 Å². The van der Waals surface area contributed by atoms with Crippen molar-refractivity contribution in [2.24, 2.45) is 0 Å². The van der Waals surface area contributed by atoms with Gasteiger partial charge < -0.3 is 33.6 Å². The number of amides is 3. The molecule has 0 N–H and O–H groups in total. The molecule has 10 nitrogen and oxygen atoms in total. The average Bonchev–Trinajstić information content (AvgIpc) is 3.79. The van der Waals surface area contributed by atoms with Crippen LogP contribution in [0.25, 0.3) is 0 Å². The molecule has 3 amide bonds. The van der Waals surface area contributed by atoms with Gasteiger partial charge in [0.2, 0.25) is 5.91 Å². The minimum Gasteiger partial charge on any atom is -0.493 e. The summed E-state index contributed by atoms with van der Waals surface area (Å²) < 4.78 is 22.4. The second kappa shape index (κ2) is 16.3. The van der Waals surface area contributed by atoms with Gasteiger partial charge in [0.05, 0.1) is 19.8 Å². The Labute approximate surface area is 270 Å². The van der Waals surface area contributed by atoms with E-state index in [0.29, 0.717) is 62.6 Å². The number of ether oxygens (including phenoxy) is 4. The fraction of sp³-hybridized carbons (Fsp3) is 0.686. The van der Waals surface area contributed by atoms with Crippen LogP contribution in [0.2, 0.25) is 0 Å². The predicted molar refractivity (Wildman–Crippen MR) is 175 cm³/mol. The first kappa shape index (κ1) is 36.2. The lowest BCUT2D eigenvalue weighted by Crippen LogP contribution is -2.58. The zero-order chi connectivity index (χ0) is 33.3. The van der Waals surface area contributed by atoms with E-state index < -0.39 is 11.7 Å². The lowest BCUT2D eigenvalue weighted by atomic mass is 9.93. The number of hydrogen-bond acceptors (Lipinski definition) is 7. The van der Waals surface area contributed by atoms with Gasteiger partial charge in [0, 0.05) is 63.0 Å². The van der Waals surface area contributed by atoms with Crippen molar-refractivity contribution in [2.45, 2.75) is 117 Å². The van der Waals surface area contributed by atoms with Gasteiger partial charge in [0.15, 0.2) is 11.5 Å². The van der Waals surface area contributed by atoms with Crippen molar-refractivity contribution in [3.63, 3.8) is 0 Å². The van der Waals surface area contributed by atoms with Crippen LogP contribution in [-0.2, 0) is 14.3 Å². The Morgan fingerprint density at radius 1 is 1.00 bits per heavy atom. The molecule has 1 aromatic carbocycles. The van der Waals surface area contributed by atoms with Gasteiger partial charge in [-0.3, -0.25) is 9.59 Å². The van der Waals surface area contributed by atoms with Crippen LogP contribution in [0.3, 0.4) is 0 Å². The number of allylic oxidation sites excluding steroid dienone is 1. The topological polar surface area (TPSA) is 97.9 Å². The Morgan fingerprint density at radius 2 is 1.69 bits per heavy atom. The maximum atomic E-state index is 14.1. The van der Waals surface area contributed by atoms with Crippen molar-refractivity contribution in [1.82, 2.24) is 14.7 Å². The molecule has 1 aromatic rings. The number of likely N-dealkylation sites (tertiary alicyclic amines) is 1. The van der Waals surface area contributed by atoms with Gasteiger partial charge in [0.1, 0.15) is 5.60 Å². The molecule has 0 unspecified atom stereocenters. The normalized spacial score (nSPS) is 18.3. The molecule has 2 fully saturated rings. The Morgan fingerprint density at radius 3 is 2.27 bits per heavy atom. The van der Waals surface area contributed by atoms with Crippen LogP contribution >= 0.6 is 0 Å². The highest BCUT2D eigenvalue weighted by molar-refractivity contribution is 5.95. The van der Waals surface area contributed by atoms with Crippen molar-refractivity contribution < 1.29 is 33.3 Å². The molecule has 0 radical (unpaired) electrons. The van der Waals surface area contributed by atoms with E-state index in [9.17, 15) is 14.4 Å². The smallest absolute Gasteiger partial charge is 0.410 e. The van der Waals surface area contributed by atoms with Crippen molar-refractivity contribution in [1.29, 1.82) is 0 Å². The summed E-state index contributed by atoms with van der Waals surface area (Å²) in [4.78, 5) is 46.3. The molecule has 252 valence electrons. The second-order valence-corrected chi connectivity index (χ2v) is 13.7. The molecule has 0 aromatic heterocycles. The molecule has 1 saturated heterocycles. The highest BCUT2D eigenvalue weighted by Gasteiger charge is 2.40. The molecule has 1 saturated carbocycles. The van der Waals surface area contributed by atoms with Crippen LogP contribution in [-0.4, -0.2) is 103 Å². The number of piperidine rings is 1. The SMILES string of the molecule is COCCCOc1cc(C(=O)N(C(C)C)[C@@H]2CC[C@H](CCN(C(=O)C=C(C)C)C3CC3)N(C(=O)OC(C)(C)C)C2)ccc1OC. The molecule has 2 atom stereocenters. The number of benzene rings is 1. The molecule has 10 heteroatoms. The van der Waals surface area contributed by atoms with Gasteiger partial charge in [0.25, 0.3) is 5.91 Å². The van der Waals surface area contributed by atoms with E-state index in [-0.39, 0.29) is 36.0 Å². The van der Waals surface area contributed by atoms with Crippen LogP contribution < -0.4 is 9.47 Å². The highest BCUT2D eigenvalue weighted by Crippen LogP contribution is 2.33. The van der Waals surface area contributed by atoms with Gasteiger partial charge >= 0.3 is 6.09 Å². The van der Waals surface area contributed by atoms with E-state index >= 15 is 0 Å². The number of carbonyl (C=O) groups excluding carboxylic acids is 3. The molecule has 1 aliphatic heterocycles. The Hall–Kier alpha value is -3.27. The van der Waals surface area contributed by atoms with Crippen LogP contribution in [0.1, 0.15) is 97.3 Å². The lowest BCUT2D eigenvalue weighted by molar-refractivity contribution is -0.126. The third-order valence-corrected chi connectivity index (χ3v) is 8.04. The monoisotopic (exact) mass is 629 g/mol. The Kier molecular flexibility index (Phi) is 13.1. The fourth-order valence-electron chi connectivity index (χ4n) is 5.84. The number of methoxy groups -OCH3 is 2. The zero-order valence-electron chi connectivity index (χ0n) is 28.9. The molecule has 0 bridgehead atoms. The van der Waals surface area contributed by atoms with Gasteiger partial charge in [-0.05, 0) is 98.8 Å². The van der Waals surface area contributed by atoms with Gasteiger partial charge in [-0.1, -0.05) is 5.57 Å². The summed E-state index contributed by atoms with van der Waals surface area (Å²) in [7, 11) is 3.22. The van der Waals surface area contributed by atoms with Crippen molar-refractivity contribution in [2.75, 3.05) is 40.5 Å². The third-order valence-electron chi connectivity index (χ3n) is 8.04. The molecular weight excluding hydrogens is 574 g/mol. The summed E-state index contributed by atoms with van der Waals surface area (Å²) in [5.74, 6) is 0.965. The van der Waals surface area contributed by atoms with Crippen molar-refractivity contribution in [3.8, 4) is 11.5 Å². The van der Waals surface area contributed by atoms with Crippen LogP contribution in [0.5, 0.6) is 11.5 Å². The molecule has 3 rings (SSSR count). The van der Waals surface area contributed by atoms with E-state index in [4.69, 9.17) is 18.9 Å². The second-order valence-electron chi connectivity index (χ2n) is 13.7. The van der Waals surface area contributed by atoms with E-state index in [1.54, 1.807) is 43.4 Å². The van der Waals surface area contributed by atoms with Crippen molar-refractivity contribution in [3.05, 3.63) is 35.4 Å². The molecule has 45 heavy (non-hydrogen) atoms. The molecular formula is C35H55N3O7. The minimum atomic E-state index is -0.662. The fourth-order valence-corrected chi connectivity index (χ4v) is 5.84. The van der Waals surface area contributed by atoms with Crippen LogP contribution in [0.4, 0.5) is 4.79 Å². The lowest BCUT2D eigenvalue weighted by Gasteiger charge is -2.45. The van der Waals surface area contributed by atoms with E-state index in [1.807, 2.05) is 58.3 Å². The summed E-state index contributed by atoms with van der Waals surface area (Å²) >= 11 is 0. The predicted octanol–water partition coefficient (Wildman–Crippen LogP) is 6.08. The number of carbonyl (C=O) groups is 3. The summed E-state index contributed by atoms with van der Waals surface area (Å²) in [6.45, 7) is 15.4. The molecule has 1 aliphatic carbocycles. The summed E-state index contributed by atoms with van der Waals surface area (Å²) in [5.41, 5.74) is 0.807. The standard InChI is InChI=1S/C35H55N3O7/c1-24(2)21-32(39)36(27-12-13-27)18-17-28-14-15-29(23-37(28)34(41)45-35(5,6)7)38(25(3)4)33(40)26-11-16-30(43-9)31(22-26)44-20-10-19-42-8/h11,16,21-22,25,27-29H,10,12-15,17-20,23H2,1-9H3/t28-,29-/m1/s1. The Bertz CT molecular complexity index is 1180. The summed E-state index contributed by atoms with van der Waals surface area (Å²) in [5, 5.41) is 0. The average molecular weight is 630 g/mol. The molecule has 0 spiro atoms. The van der Waals surface area contributed by atoms with Crippen LogP contribution in [0, 0.1) is 0 Å². The largest absolute Gasteiger partial charge is 0.493 e. The number of hydrogen-bond donors (Lipinski definition) is 0. The molecule has 1 heterocycles. The number of rotatable bonds is 14. The summed E-state index contributed by atoms with van der Waals surface area (Å²) in [6, 6.07) is 5.09. The van der Waals surface area contributed by atoms with Gasteiger partial charge in [-0.2, -0.15) is 0 Å². The number of nitrogens with zero attached hydrogens (tertiary/aromatic N) is 3. The summed E-state index contributed by atoms with van der Waals surface area (Å²) in [6.07, 6.45) is 6.13. The van der Waals surface area contributed by atoms with E-state index in [2.05, 4.69) is 0 Å². The first-order chi connectivity index (χ1) is 21.2. The first-order valence-electron chi connectivity index (χ1n) is 16.3. The minimum absolute atomic E-state index is 0.0353. The maximum absolute atomic E-state index is 14.1. The van der Waals surface area contributed by atoms with Gasteiger partial charge in [-0.15, -0.1) is 0 Å². The quantitative estimate of drug-likeness (QED) is 0.182. The third kappa shape index (κ3) is 10.7. The molecule has 2 aliphatic rings.